The van der Waals surface area contributed by atoms with Crippen LogP contribution >= 0.6 is 11.8 Å². The topological polar surface area (TPSA) is 161 Å². The van der Waals surface area contributed by atoms with Crippen molar-refractivity contribution in [3.05, 3.63) is 35.4 Å². The van der Waals surface area contributed by atoms with Crippen molar-refractivity contribution < 1.29 is 29.0 Å². The van der Waals surface area contributed by atoms with Gasteiger partial charge in [0.15, 0.2) is 5.17 Å². The summed E-state index contributed by atoms with van der Waals surface area (Å²) in [6.07, 6.45) is 3.57. The van der Waals surface area contributed by atoms with Crippen LogP contribution in [0.4, 0.5) is 0 Å². The Balaban J connectivity index is 1.65. The van der Waals surface area contributed by atoms with Crippen LogP contribution in [0.15, 0.2) is 29.3 Å². The molecule has 12 heteroatoms. The average molecular weight is 532 g/mol. The lowest BCUT2D eigenvalue weighted by atomic mass is 9.90. The zero-order valence-electron chi connectivity index (χ0n) is 21.0. The summed E-state index contributed by atoms with van der Waals surface area (Å²) >= 11 is 1.26. The summed E-state index contributed by atoms with van der Waals surface area (Å²) in [5, 5.41) is 22.5. The van der Waals surface area contributed by atoms with Gasteiger partial charge in [-0.2, -0.15) is 4.99 Å². The number of amidine groups is 2. The van der Waals surface area contributed by atoms with E-state index in [-0.39, 0.29) is 43.2 Å². The van der Waals surface area contributed by atoms with E-state index in [9.17, 15) is 19.2 Å². The van der Waals surface area contributed by atoms with Crippen LogP contribution in [-0.2, 0) is 19.1 Å². The van der Waals surface area contributed by atoms with Crippen molar-refractivity contribution in [3.8, 4) is 0 Å². The Hall–Kier alpha value is -3.41. The fourth-order valence-corrected chi connectivity index (χ4v) is 5.40. The number of hydrogen-bond donors (Lipinski definition) is 4. The van der Waals surface area contributed by atoms with Gasteiger partial charge in [-0.25, -0.2) is 0 Å². The maximum atomic E-state index is 13.0. The van der Waals surface area contributed by atoms with E-state index in [0.29, 0.717) is 29.3 Å². The molecule has 1 aliphatic carbocycles. The Morgan fingerprint density at radius 3 is 2.38 bits per heavy atom. The number of carboxylic acid groups (broad SMARTS) is 1. The summed E-state index contributed by atoms with van der Waals surface area (Å²) in [6, 6.07) is 6.57. The number of carbonyl (C=O) groups is 4. The van der Waals surface area contributed by atoms with E-state index < -0.39 is 23.1 Å². The molecule has 0 bridgehead atoms. The fourth-order valence-electron chi connectivity index (χ4n) is 4.08. The quantitative estimate of drug-likeness (QED) is 0.145. The fraction of sp³-hybridized carbons (Fsp3) is 0.520. The number of aliphatic imine (C=N–C) groups is 1. The molecule has 1 aromatic carbocycles. The minimum atomic E-state index is -0.881. The predicted octanol–water partition coefficient (Wildman–Crippen LogP) is 2.00. The number of amides is 2. The number of rotatable bonds is 11. The van der Waals surface area contributed by atoms with E-state index in [2.05, 4.69) is 25.3 Å². The lowest BCUT2D eigenvalue weighted by Gasteiger charge is -2.39. The van der Waals surface area contributed by atoms with E-state index in [1.54, 1.807) is 24.3 Å². The first-order valence-corrected chi connectivity index (χ1v) is 13.2. The number of aliphatic carboxylic acids is 1. The molecule has 2 amide bonds. The maximum absolute atomic E-state index is 13.0. The summed E-state index contributed by atoms with van der Waals surface area (Å²) in [7, 11) is 1.30. The number of nitrogens with zero attached hydrogens (tertiary/aromatic N) is 2. The van der Waals surface area contributed by atoms with E-state index in [1.165, 1.54) is 18.9 Å². The standard InChI is InChI=1S/C25H33N5O6S/c1-15-21(24(35)28-14-12-20(33)36-2)37-25(30(15)18-5-3-6-18)29-23(34)17-10-8-16(9-11-17)22(26)27-13-4-7-19(31)32/h8-11,15,18,21H,3-7,12-14H2,1-2H3,(H2,26,27)(H,28,35)(H,31,32). The predicted molar refractivity (Wildman–Crippen MR) is 140 cm³/mol. The Bertz CT molecular complexity index is 1060. The van der Waals surface area contributed by atoms with Crippen LogP contribution < -0.4 is 10.6 Å². The monoisotopic (exact) mass is 531 g/mol. The maximum Gasteiger partial charge on any atom is 0.307 e. The first-order valence-electron chi connectivity index (χ1n) is 12.3. The Labute approximate surface area is 219 Å². The van der Waals surface area contributed by atoms with Crippen molar-refractivity contribution in [2.45, 2.75) is 62.8 Å². The van der Waals surface area contributed by atoms with Gasteiger partial charge in [-0.3, -0.25) is 24.6 Å². The highest BCUT2D eigenvalue weighted by Crippen LogP contribution is 2.39. The van der Waals surface area contributed by atoms with Crippen molar-refractivity contribution in [1.29, 1.82) is 5.41 Å². The van der Waals surface area contributed by atoms with Gasteiger partial charge < -0.3 is 25.4 Å². The molecule has 2 atom stereocenters. The normalized spacial score (nSPS) is 20.3. The number of esters is 1. The molecule has 1 heterocycles. The summed E-state index contributed by atoms with van der Waals surface area (Å²) in [4.78, 5) is 54.2. The van der Waals surface area contributed by atoms with Gasteiger partial charge >= 0.3 is 11.9 Å². The second kappa shape index (κ2) is 13.2. The molecule has 1 saturated carbocycles. The molecule has 4 N–H and O–H groups in total. The second-order valence-corrected chi connectivity index (χ2v) is 10.1. The van der Waals surface area contributed by atoms with Gasteiger partial charge in [-0.15, -0.1) is 0 Å². The van der Waals surface area contributed by atoms with Crippen molar-refractivity contribution in [3.63, 3.8) is 0 Å². The van der Waals surface area contributed by atoms with Gasteiger partial charge in [-0.05, 0) is 44.7 Å². The van der Waals surface area contributed by atoms with Crippen LogP contribution in [0.25, 0.3) is 0 Å². The number of ether oxygens (including phenoxy) is 1. The average Bonchev–Trinajstić information content (AvgIpc) is 3.15. The highest BCUT2D eigenvalue weighted by Gasteiger charge is 2.45. The van der Waals surface area contributed by atoms with E-state index in [0.717, 1.165) is 19.3 Å². The second-order valence-electron chi connectivity index (χ2n) is 8.96. The molecule has 1 saturated heterocycles. The third kappa shape index (κ3) is 7.54. The van der Waals surface area contributed by atoms with Gasteiger partial charge in [0.25, 0.3) is 5.91 Å². The molecule has 200 valence electrons. The largest absolute Gasteiger partial charge is 0.481 e. The number of thioether (sulfide) groups is 1. The molecule has 0 aromatic heterocycles. The summed E-state index contributed by atoms with van der Waals surface area (Å²) in [5.41, 5.74) is 0.936. The third-order valence-electron chi connectivity index (χ3n) is 6.40. The number of carbonyl (C=O) groups excluding carboxylic acids is 3. The van der Waals surface area contributed by atoms with E-state index in [1.807, 2.05) is 6.92 Å². The molecule has 3 rings (SSSR count). The highest BCUT2D eigenvalue weighted by molar-refractivity contribution is 8.15. The SMILES string of the molecule is COC(=O)CCNC(=O)C1SC(=NC(=O)c2ccc(C(=N)NCCCC(=O)O)cc2)N(C2CCC2)C1C. The Morgan fingerprint density at radius 1 is 1.11 bits per heavy atom. The molecule has 2 unspecified atom stereocenters. The van der Waals surface area contributed by atoms with Gasteiger partial charge in [0.1, 0.15) is 11.1 Å². The smallest absolute Gasteiger partial charge is 0.307 e. The Morgan fingerprint density at radius 2 is 1.78 bits per heavy atom. The van der Waals surface area contributed by atoms with Crippen LogP contribution in [0.3, 0.4) is 0 Å². The van der Waals surface area contributed by atoms with Crippen LogP contribution in [-0.4, -0.2) is 82.3 Å². The molecule has 0 spiro atoms. The van der Waals surface area contributed by atoms with Gasteiger partial charge in [0.2, 0.25) is 5.91 Å². The van der Waals surface area contributed by atoms with Crippen LogP contribution in [0, 0.1) is 5.41 Å². The summed E-state index contributed by atoms with van der Waals surface area (Å²) in [6.45, 7) is 2.50. The van der Waals surface area contributed by atoms with E-state index in [4.69, 9.17) is 10.5 Å². The first kappa shape index (κ1) is 28.2. The van der Waals surface area contributed by atoms with Crippen molar-refractivity contribution in [1.82, 2.24) is 15.5 Å². The zero-order valence-corrected chi connectivity index (χ0v) is 21.8. The number of carboxylic acids is 1. The van der Waals surface area contributed by atoms with Crippen molar-refractivity contribution >= 4 is 46.5 Å². The minimum absolute atomic E-state index is 0.0264. The van der Waals surface area contributed by atoms with E-state index >= 15 is 0 Å². The lowest BCUT2D eigenvalue weighted by molar-refractivity contribution is -0.140. The molecule has 11 nitrogen and oxygen atoms in total. The van der Waals surface area contributed by atoms with Crippen LogP contribution in [0.2, 0.25) is 0 Å². The molecule has 2 fully saturated rings. The summed E-state index contributed by atoms with van der Waals surface area (Å²) in [5.74, 6) is -1.77. The molecule has 1 aromatic rings. The number of methoxy groups -OCH3 is 1. The third-order valence-corrected chi connectivity index (χ3v) is 7.77. The lowest BCUT2D eigenvalue weighted by Crippen LogP contribution is -2.49. The van der Waals surface area contributed by atoms with Crippen LogP contribution in [0.1, 0.15) is 61.4 Å². The summed E-state index contributed by atoms with van der Waals surface area (Å²) < 4.78 is 4.61. The molecule has 1 aliphatic heterocycles. The van der Waals surface area contributed by atoms with Gasteiger partial charge in [0.05, 0.1) is 13.5 Å². The number of benzene rings is 1. The number of hydrogen-bond acceptors (Lipinski definition) is 7. The Kier molecular flexibility index (Phi) is 10.1. The minimum Gasteiger partial charge on any atom is -0.481 e. The van der Waals surface area contributed by atoms with Crippen LogP contribution in [0.5, 0.6) is 0 Å². The molecule has 37 heavy (non-hydrogen) atoms. The highest BCUT2D eigenvalue weighted by atomic mass is 32.2. The molecular formula is C25H33N5O6S. The molecule has 0 radical (unpaired) electrons. The zero-order chi connectivity index (χ0) is 26.9. The first-order chi connectivity index (χ1) is 17.7. The van der Waals surface area contributed by atoms with Crippen molar-refractivity contribution in [2.75, 3.05) is 20.2 Å². The molecular weight excluding hydrogens is 498 g/mol. The van der Waals surface area contributed by atoms with Gasteiger partial charge in [0, 0.05) is 42.7 Å². The number of nitrogens with one attached hydrogen (secondary N) is 3. The van der Waals surface area contributed by atoms with Crippen molar-refractivity contribution in [2.24, 2.45) is 4.99 Å². The van der Waals surface area contributed by atoms with Gasteiger partial charge in [-0.1, -0.05) is 23.9 Å². The molecule has 2 aliphatic rings.